The number of para-hydroxylation sites is 2. The van der Waals surface area contributed by atoms with Gasteiger partial charge in [0.25, 0.3) is 5.91 Å². The molecule has 0 aliphatic carbocycles. The van der Waals surface area contributed by atoms with Gasteiger partial charge in [-0.15, -0.1) is 0 Å². The second-order valence-electron chi connectivity index (χ2n) is 6.60. The molecular weight excluding hydrogens is 396 g/mol. The van der Waals surface area contributed by atoms with Gasteiger partial charge in [0.15, 0.2) is 0 Å². The summed E-state index contributed by atoms with van der Waals surface area (Å²) in [6, 6.07) is 17.6. The molecule has 8 heteroatoms. The molecule has 0 aliphatic rings. The maximum absolute atomic E-state index is 13.1. The monoisotopic (exact) mass is 420 g/mol. The van der Waals surface area contributed by atoms with E-state index in [9.17, 15) is 9.59 Å². The number of ether oxygens (including phenoxy) is 2. The van der Waals surface area contributed by atoms with Crippen LogP contribution in [-0.2, 0) is 14.3 Å². The third kappa shape index (κ3) is 6.02. The van der Waals surface area contributed by atoms with E-state index >= 15 is 0 Å². The molecule has 1 atom stereocenters. The number of aromatic nitrogens is 2. The minimum absolute atomic E-state index is 0.115. The summed E-state index contributed by atoms with van der Waals surface area (Å²) in [4.78, 5) is 35.4. The molecule has 0 saturated heterocycles. The Balaban J connectivity index is 1.76. The van der Waals surface area contributed by atoms with Gasteiger partial charge in [0.1, 0.15) is 12.3 Å². The van der Waals surface area contributed by atoms with Gasteiger partial charge in [0, 0.05) is 25.0 Å². The van der Waals surface area contributed by atoms with E-state index in [1.54, 1.807) is 72.9 Å². The molecular formula is C23H24N4O4. The predicted octanol–water partition coefficient (Wildman–Crippen LogP) is 3.23. The number of carbonyl (C=O) groups excluding carboxylic acids is 2. The molecule has 8 nitrogen and oxygen atoms in total. The van der Waals surface area contributed by atoms with E-state index in [1.807, 2.05) is 19.1 Å². The number of amides is 1. The Morgan fingerprint density at radius 2 is 1.68 bits per heavy atom. The van der Waals surface area contributed by atoms with Crippen LogP contribution in [0.2, 0.25) is 0 Å². The van der Waals surface area contributed by atoms with Crippen LogP contribution in [0.1, 0.15) is 18.6 Å². The lowest BCUT2D eigenvalue weighted by Crippen LogP contribution is -2.32. The van der Waals surface area contributed by atoms with E-state index in [-0.39, 0.29) is 6.54 Å². The van der Waals surface area contributed by atoms with Crippen LogP contribution in [0.4, 0.5) is 11.6 Å². The third-order valence-electron chi connectivity index (χ3n) is 4.29. The van der Waals surface area contributed by atoms with Gasteiger partial charge in [-0.25, -0.2) is 9.97 Å². The zero-order valence-corrected chi connectivity index (χ0v) is 17.4. The second kappa shape index (κ2) is 10.7. The minimum atomic E-state index is -1.13. The topological polar surface area (TPSA) is 93.6 Å². The highest BCUT2D eigenvalue weighted by Crippen LogP contribution is 2.26. The maximum Gasteiger partial charge on any atom is 0.326 e. The Morgan fingerprint density at radius 3 is 2.39 bits per heavy atom. The normalized spacial score (nSPS) is 11.3. The van der Waals surface area contributed by atoms with Crippen LogP contribution in [0.25, 0.3) is 0 Å². The Labute approximate surface area is 180 Å². The highest BCUT2D eigenvalue weighted by Gasteiger charge is 2.26. The number of likely N-dealkylation sites (N-methyl/N-ethyl adjacent to an activating group) is 1. The number of anilines is 2. The smallest absolute Gasteiger partial charge is 0.326 e. The van der Waals surface area contributed by atoms with Crippen LogP contribution in [0.5, 0.6) is 5.75 Å². The van der Waals surface area contributed by atoms with Crippen LogP contribution in [0, 0.1) is 0 Å². The van der Waals surface area contributed by atoms with Crippen LogP contribution in [0.3, 0.4) is 0 Å². The molecule has 1 N–H and O–H groups in total. The Bertz CT molecular complexity index is 999. The molecule has 1 aromatic heterocycles. The molecule has 31 heavy (non-hydrogen) atoms. The van der Waals surface area contributed by atoms with Gasteiger partial charge in [-0.3, -0.25) is 9.59 Å². The fourth-order valence-corrected chi connectivity index (χ4v) is 2.87. The maximum atomic E-state index is 13.1. The van der Waals surface area contributed by atoms with Crippen LogP contribution in [-0.4, -0.2) is 42.0 Å². The molecule has 3 rings (SSSR count). The molecule has 160 valence electrons. The van der Waals surface area contributed by atoms with E-state index in [1.165, 1.54) is 0 Å². The summed E-state index contributed by atoms with van der Waals surface area (Å²) in [6.45, 7) is 2.20. The van der Waals surface area contributed by atoms with E-state index in [2.05, 4.69) is 15.3 Å². The SMILES string of the molecule is CCOc1ccccc1NC(=O)C(OC(=O)CN(C)c1ncccn1)c1ccccc1. The number of rotatable bonds is 9. The molecule has 1 amide bonds. The first-order chi connectivity index (χ1) is 15.1. The van der Waals surface area contributed by atoms with Crippen molar-refractivity contribution in [1.82, 2.24) is 9.97 Å². The number of hydrogen-bond acceptors (Lipinski definition) is 7. The summed E-state index contributed by atoms with van der Waals surface area (Å²) in [5, 5.41) is 2.80. The first-order valence-electron chi connectivity index (χ1n) is 9.83. The summed E-state index contributed by atoms with van der Waals surface area (Å²) >= 11 is 0. The van der Waals surface area contributed by atoms with Crippen molar-refractivity contribution in [2.75, 3.05) is 30.4 Å². The number of nitrogens with zero attached hydrogens (tertiary/aromatic N) is 3. The predicted molar refractivity (Wildman–Crippen MR) is 117 cm³/mol. The lowest BCUT2D eigenvalue weighted by Gasteiger charge is -2.21. The molecule has 0 fully saturated rings. The van der Waals surface area contributed by atoms with Gasteiger partial charge in [0.2, 0.25) is 12.1 Å². The van der Waals surface area contributed by atoms with Crippen LogP contribution < -0.4 is 15.0 Å². The van der Waals surface area contributed by atoms with Crippen molar-refractivity contribution in [3.8, 4) is 5.75 Å². The standard InChI is InChI=1S/C23H24N4O4/c1-3-30-19-13-8-7-12-18(19)26-22(29)21(17-10-5-4-6-11-17)31-20(28)16-27(2)23-24-14-9-15-25-23/h4-15,21H,3,16H2,1-2H3,(H,26,29). The van der Waals surface area contributed by atoms with Gasteiger partial charge < -0.3 is 19.7 Å². The first-order valence-corrected chi connectivity index (χ1v) is 9.83. The molecule has 0 radical (unpaired) electrons. The van der Waals surface area contributed by atoms with Crippen molar-refractivity contribution in [2.45, 2.75) is 13.0 Å². The second-order valence-corrected chi connectivity index (χ2v) is 6.60. The Kier molecular flexibility index (Phi) is 7.53. The van der Waals surface area contributed by atoms with Crippen LogP contribution >= 0.6 is 0 Å². The highest BCUT2D eigenvalue weighted by atomic mass is 16.5. The summed E-state index contributed by atoms with van der Waals surface area (Å²) in [5.74, 6) is -0.148. The van der Waals surface area contributed by atoms with E-state index < -0.39 is 18.0 Å². The van der Waals surface area contributed by atoms with Gasteiger partial charge in [0.05, 0.1) is 12.3 Å². The van der Waals surface area contributed by atoms with Gasteiger partial charge >= 0.3 is 5.97 Å². The molecule has 3 aromatic rings. The number of benzene rings is 2. The fourth-order valence-electron chi connectivity index (χ4n) is 2.87. The molecule has 1 unspecified atom stereocenters. The van der Waals surface area contributed by atoms with Crippen molar-refractivity contribution < 1.29 is 19.1 Å². The average molecular weight is 420 g/mol. The average Bonchev–Trinajstić information content (AvgIpc) is 2.80. The molecule has 0 aliphatic heterocycles. The fraction of sp³-hybridized carbons (Fsp3) is 0.217. The molecule has 0 spiro atoms. The molecule has 0 saturated carbocycles. The summed E-state index contributed by atoms with van der Waals surface area (Å²) < 4.78 is 11.1. The zero-order chi connectivity index (χ0) is 22.1. The summed E-state index contributed by atoms with van der Waals surface area (Å²) in [7, 11) is 1.67. The lowest BCUT2D eigenvalue weighted by molar-refractivity contribution is -0.153. The first kappa shape index (κ1) is 21.8. The van der Waals surface area contributed by atoms with Gasteiger partial charge in [-0.05, 0) is 25.1 Å². The van der Waals surface area contributed by atoms with E-state index in [4.69, 9.17) is 9.47 Å². The third-order valence-corrected chi connectivity index (χ3v) is 4.29. The highest BCUT2D eigenvalue weighted by molar-refractivity contribution is 5.97. The minimum Gasteiger partial charge on any atom is -0.492 e. The van der Waals surface area contributed by atoms with Crippen LogP contribution in [0.15, 0.2) is 73.1 Å². The summed E-state index contributed by atoms with van der Waals surface area (Å²) in [6.07, 6.45) is 2.04. The van der Waals surface area contributed by atoms with E-state index in [0.29, 0.717) is 29.6 Å². The summed E-state index contributed by atoms with van der Waals surface area (Å²) in [5.41, 5.74) is 1.06. The Hall–Kier alpha value is -3.94. The van der Waals surface area contributed by atoms with Crippen molar-refractivity contribution in [1.29, 1.82) is 0 Å². The number of carbonyl (C=O) groups is 2. The van der Waals surface area contributed by atoms with Crippen molar-refractivity contribution >= 4 is 23.5 Å². The molecule has 0 bridgehead atoms. The Morgan fingerprint density at radius 1 is 1.00 bits per heavy atom. The largest absolute Gasteiger partial charge is 0.492 e. The molecule has 2 aromatic carbocycles. The lowest BCUT2D eigenvalue weighted by atomic mass is 10.1. The zero-order valence-electron chi connectivity index (χ0n) is 17.4. The number of hydrogen-bond donors (Lipinski definition) is 1. The quantitative estimate of drug-likeness (QED) is 0.531. The molecule has 1 heterocycles. The van der Waals surface area contributed by atoms with E-state index in [0.717, 1.165) is 0 Å². The number of esters is 1. The number of nitrogens with one attached hydrogen (secondary N) is 1. The van der Waals surface area contributed by atoms with Crippen molar-refractivity contribution in [2.24, 2.45) is 0 Å². The van der Waals surface area contributed by atoms with Gasteiger partial charge in [-0.2, -0.15) is 0 Å². The van der Waals surface area contributed by atoms with Crippen molar-refractivity contribution in [3.63, 3.8) is 0 Å². The van der Waals surface area contributed by atoms with Crippen molar-refractivity contribution in [3.05, 3.63) is 78.6 Å². The van der Waals surface area contributed by atoms with Gasteiger partial charge in [-0.1, -0.05) is 42.5 Å².